The lowest BCUT2D eigenvalue weighted by atomic mass is 10.1. The summed E-state index contributed by atoms with van der Waals surface area (Å²) in [6.45, 7) is 2.47. The van der Waals surface area contributed by atoms with Gasteiger partial charge in [-0.3, -0.25) is 4.79 Å². The molecule has 1 atom stereocenters. The standard InChI is InChI=1S/C11H22O3.C10H20O3/c1-2-3-4-5-6-7-8-9-10(12)11(13)14;11-9-7-5-3-1-2-4-6-8-10(12)13/h10,12H,2-9H2,1H3,(H,13,14);11H,1-9H2,(H,12,13). The lowest BCUT2D eigenvalue weighted by Crippen LogP contribution is -2.18. The summed E-state index contributed by atoms with van der Waals surface area (Å²) in [7, 11) is 0. The maximum Gasteiger partial charge on any atom is 0.332 e. The minimum Gasteiger partial charge on any atom is -0.481 e. The van der Waals surface area contributed by atoms with Crippen LogP contribution >= 0.6 is 0 Å². The molecule has 0 aromatic carbocycles. The molecule has 0 saturated heterocycles. The number of hydrogen-bond donors (Lipinski definition) is 4. The van der Waals surface area contributed by atoms with Gasteiger partial charge in [-0.2, -0.15) is 0 Å². The Kier molecular flexibility index (Phi) is 23.8. The van der Waals surface area contributed by atoms with Crippen molar-refractivity contribution in [3.8, 4) is 0 Å². The molecule has 4 N–H and O–H groups in total. The van der Waals surface area contributed by atoms with Gasteiger partial charge in [-0.25, -0.2) is 4.79 Å². The molecular formula is C21H42O6. The second-order valence-corrected chi connectivity index (χ2v) is 7.11. The molecule has 6 heteroatoms. The van der Waals surface area contributed by atoms with Crippen molar-refractivity contribution in [3.05, 3.63) is 0 Å². The molecule has 0 spiro atoms. The first-order valence-electron chi connectivity index (χ1n) is 10.7. The third kappa shape index (κ3) is 27.2. The van der Waals surface area contributed by atoms with E-state index in [0.29, 0.717) is 19.4 Å². The molecule has 0 saturated carbocycles. The first kappa shape index (κ1) is 28.1. The minimum absolute atomic E-state index is 0.291. The molecule has 0 amide bonds. The second kappa shape index (κ2) is 22.9. The number of aliphatic hydroxyl groups excluding tert-OH is 2. The highest BCUT2D eigenvalue weighted by molar-refractivity contribution is 5.71. The Morgan fingerprint density at radius 3 is 1.59 bits per heavy atom. The molecule has 0 rings (SSSR count). The van der Waals surface area contributed by atoms with Gasteiger partial charge in [0.25, 0.3) is 0 Å². The van der Waals surface area contributed by atoms with Gasteiger partial charge in [0.1, 0.15) is 0 Å². The summed E-state index contributed by atoms with van der Waals surface area (Å²) >= 11 is 0. The number of unbranched alkanes of at least 4 members (excludes halogenated alkanes) is 12. The smallest absolute Gasteiger partial charge is 0.332 e. The molecule has 6 nitrogen and oxygen atoms in total. The number of aliphatic hydroxyl groups is 2. The molecule has 0 bridgehead atoms. The van der Waals surface area contributed by atoms with Gasteiger partial charge in [-0.1, -0.05) is 84.0 Å². The average Bonchev–Trinajstić information content (AvgIpc) is 2.63. The van der Waals surface area contributed by atoms with Crippen molar-refractivity contribution in [1.29, 1.82) is 0 Å². The van der Waals surface area contributed by atoms with Crippen LogP contribution in [0.2, 0.25) is 0 Å². The van der Waals surface area contributed by atoms with Crippen LogP contribution in [0.1, 0.15) is 110 Å². The fraction of sp³-hybridized carbons (Fsp3) is 0.905. The zero-order valence-electron chi connectivity index (χ0n) is 17.2. The lowest BCUT2D eigenvalue weighted by molar-refractivity contribution is -0.147. The van der Waals surface area contributed by atoms with E-state index in [2.05, 4.69) is 6.92 Å². The third-order valence-electron chi connectivity index (χ3n) is 4.41. The van der Waals surface area contributed by atoms with Crippen molar-refractivity contribution in [2.45, 2.75) is 116 Å². The summed E-state index contributed by atoms with van der Waals surface area (Å²) in [6.07, 6.45) is 14.9. The monoisotopic (exact) mass is 390 g/mol. The molecular weight excluding hydrogens is 348 g/mol. The Morgan fingerprint density at radius 1 is 0.704 bits per heavy atom. The molecule has 0 radical (unpaired) electrons. The summed E-state index contributed by atoms with van der Waals surface area (Å²) in [5.41, 5.74) is 0. The first-order chi connectivity index (χ1) is 13.0. The van der Waals surface area contributed by atoms with Crippen LogP contribution in [0.15, 0.2) is 0 Å². The normalized spacial score (nSPS) is 11.5. The Bertz CT molecular complexity index is 333. The molecule has 0 aromatic heterocycles. The number of aliphatic carboxylic acids is 2. The van der Waals surface area contributed by atoms with Gasteiger partial charge >= 0.3 is 11.9 Å². The van der Waals surface area contributed by atoms with E-state index in [1.807, 2.05) is 0 Å². The van der Waals surface area contributed by atoms with Crippen LogP contribution in [0.5, 0.6) is 0 Å². The van der Waals surface area contributed by atoms with Crippen molar-refractivity contribution in [3.63, 3.8) is 0 Å². The predicted octanol–water partition coefficient (Wildman–Crippen LogP) is 4.76. The molecule has 0 aliphatic rings. The van der Waals surface area contributed by atoms with Crippen molar-refractivity contribution < 1.29 is 30.0 Å². The maximum atomic E-state index is 10.3. The van der Waals surface area contributed by atoms with Gasteiger partial charge in [0.05, 0.1) is 0 Å². The van der Waals surface area contributed by atoms with E-state index in [1.54, 1.807) is 0 Å². The molecule has 0 aliphatic carbocycles. The number of carboxylic acid groups (broad SMARTS) is 2. The van der Waals surface area contributed by atoms with Gasteiger partial charge in [0.15, 0.2) is 6.10 Å². The van der Waals surface area contributed by atoms with E-state index in [4.69, 9.17) is 20.4 Å². The molecule has 0 aromatic rings. The van der Waals surface area contributed by atoms with Crippen molar-refractivity contribution in [2.24, 2.45) is 0 Å². The van der Waals surface area contributed by atoms with Gasteiger partial charge < -0.3 is 20.4 Å². The van der Waals surface area contributed by atoms with E-state index >= 15 is 0 Å². The Labute approximate surface area is 165 Å². The Hall–Kier alpha value is -1.14. The van der Waals surface area contributed by atoms with E-state index in [-0.39, 0.29) is 0 Å². The summed E-state index contributed by atoms with van der Waals surface area (Å²) in [4.78, 5) is 20.4. The number of hydrogen-bond acceptors (Lipinski definition) is 4. The van der Waals surface area contributed by atoms with Crippen LogP contribution in [0.3, 0.4) is 0 Å². The number of carboxylic acids is 2. The van der Waals surface area contributed by atoms with E-state index < -0.39 is 18.0 Å². The second-order valence-electron chi connectivity index (χ2n) is 7.11. The summed E-state index contributed by atoms with van der Waals surface area (Å²) < 4.78 is 0. The van der Waals surface area contributed by atoms with Crippen LogP contribution < -0.4 is 0 Å². The highest BCUT2D eigenvalue weighted by atomic mass is 16.4. The van der Waals surface area contributed by atoms with Crippen LogP contribution in [0.4, 0.5) is 0 Å². The van der Waals surface area contributed by atoms with Crippen molar-refractivity contribution in [1.82, 2.24) is 0 Å². The quantitative estimate of drug-likeness (QED) is 0.251. The average molecular weight is 391 g/mol. The fourth-order valence-electron chi connectivity index (χ4n) is 2.69. The maximum absolute atomic E-state index is 10.3. The molecule has 0 aliphatic heterocycles. The van der Waals surface area contributed by atoms with Crippen molar-refractivity contribution >= 4 is 11.9 Å². The zero-order chi connectivity index (χ0) is 20.8. The SMILES string of the molecule is CCCCCCCCCC(O)C(=O)O.O=C(O)CCCCCCCCCO. The Morgan fingerprint density at radius 2 is 1.15 bits per heavy atom. The molecule has 0 fully saturated rings. The van der Waals surface area contributed by atoms with Crippen LogP contribution in [-0.2, 0) is 9.59 Å². The van der Waals surface area contributed by atoms with Gasteiger partial charge in [-0.15, -0.1) is 0 Å². The summed E-state index contributed by atoms with van der Waals surface area (Å²) in [5, 5.41) is 34.2. The molecule has 27 heavy (non-hydrogen) atoms. The van der Waals surface area contributed by atoms with E-state index in [1.165, 1.54) is 32.1 Å². The van der Waals surface area contributed by atoms with Gasteiger partial charge in [0, 0.05) is 13.0 Å². The van der Waals surface area contributed by atoms with Gasteiger partial charge in [0.2, 0.25) is 0 Å². The highest BCUT2D eigenvalue weighted by Gasteiger charge is 2.11. The van der Waals surface area contributed by atoms with Crippen LogP contribution in [0.25, 0.3) is 0 Å². The minimum atomic E-state index is -1.16. The Balaban J connectivity index is 0. The summed E-state index contributed by atoms with van der Waals surface area (Å²) in [5.74, 6) is -1.80. The number of carbonyl (C=O) groups is 2. The van der Waals surface area contributed by atoms with E-state index in [9.17, 15) is 9.59 Å². The van der Waals surface area contributed by atoms with E-state index in [0.717, 1.165) is 57.8 Å². The third-order valence-corrected chi connectivity index (χ3v) is 4.41. The van der Waals surface area contributed by atoms with Gasteiger partial charge in [-0.05, 0) is 19.3 Å². The molecule has 0 heterocycles. The summed E-state index contributed by atoms with van der Waals surface area (Å²) in [6, 6.07) is 0. The lowest BCUT2D eigenvalue weighted by Gasteiger charge is -2.04. The largest absolute Gasteiger partial charge is 0.481 e. The zero-order valence-corrected chi connectivity index (χ0v) is 17.2. The topological polar surface area (TPSA) is 115 Å². The van der Waals surface area contributed by atoms with Crippen molar-refractivity contribution in [2.75, 3.05) is 6.61 Å². The molecule has 1 unspecified atom stereocenters. The number of rotatable bonds is 18. The van der Waals surface area contributed by atoms with Crippen LogP contribution in [-0.4, -0.2) is 45.1 Å². The molecule has 162 valence electrons. The first-order valence-corrected chi connectivity index (χ1v) is 10.7. The predicted molar refractivity (Wildman–Crippen MR) is 108 cm³/mol. The van der Waals surface area contributed by atoms with Crippen LogP contribution in [0, 0.1) is 0 Å². The fourth-order valence-corrected chi connectivity index (χ4v) is 2.69. The highest BCUT2D eigenvalue weighted by Crippen LogP contribution is 2.10.